The first-order valence-electron chi connectivity index (χ1n) is 9.21. The second kappa shape index (κ2) is 7.60. The Balaban J connectivity index is 2.26. The van der Waals surface area contributed by atoms with Crippen molar-refractivity contribution in [3.8, 4) is 0 Å². The normalized spacial score (nSPS) is 41.5. The van der Waals surface area contributed by atoms with Crippen molar-refractivity contribution in [2.24, 2.45) is 5.92 Å². The lowest BCUT2D eigenvalue weighted by molar-refractivity contribution is -0.169. The van der Waals surface area contributed by atoms with E-state index in [1.54, 1.807) is 13.8 Å². The topological polar surface area (TPSA) is 87.0 Å². The van der Waals surface area contributed by atoms with Crippen LogP contribution >= 0.6 is 0 Å². The van der Waals surface area contributed by atoms with Crippen LogP contribution in [0.2, 0.25) is 0 Å². The SMILES string of the molecule is C=C1C(=O)O[C@@H]2C[C@@H]1CC[C@](C)(O)[C@H](O)CCC(C)=CCC[C@@]2(C)O. The Morgan fingerprint density at radius 1 is 1.20 bits per heavy atom. The molecular formula is C20H32O5. The zero-order valence-electron chi connectivity index (χ0n) is 15.6. The van der Waals surface area contributed by atoms with Crippen molar-refractivity contribution in [1.82, 2.24) is 0 Å². The van der Waals surface area contributed by atoms with Crippen LogP contribution in [0.5, 0.6) is 0 Å². The van der Waals surface area contributed by atoms with Gasteiger partial charge in [0.05, 0.1) is 17.3 Å². The van der Waals surface area contributed by atoms with Gasteiger partial charge in [-0.2, -0.15) is 0 Å². The van der Waals surface area contributed by atoms with Crippen LogP contribution in [0.25, 0.3) is 0 Å². The molecule has 2 bridgehead atoms. The zero-order chi connectivity index (χ0) is 18.8. The molecule has 0 aromatic rings. The number of aliphatic hydroxyl groups is 3. The van der Waals surface area contributed by atoms with Crippen LogP contribution in [-0.4, -0.2) is 44.7 Å². The van der Waals surface area contributed by atoms with Gasteiger partial charge in [-0.1, -0.05) is 18.2 Å². The minimum absolute atomic E-state index is 0.156. The summed E-state index contributed by atoms with van der Waals surface area (Å²) in [5.41, 5.74) is -0.809. The Hall–Kier alpha value is -1.17. The average molecular weight is 352 g/mol. The van der Waals surface area contributed by atoms with Gasteiger partial charge < -0.3 is 20.1 Å². The first-order valence-corrected chi connectivity index (χ1v) is 9.21. The molecule has 1 aliphatic heterocycles. The monoisotopic (exact) mass is 352 g/mol. The maximum Gasteiger partial charge on any atom is 0.334 e. The van der Waals surface area contributed by atoms with E-state index in [-0.39, 0.29) is 5.92 Å². The third-order valence-corrected chi connectivity index (χ3v) is 5.87. The van der Waals surface area contributed by atoms with Gasteiger partial charge in [-0.15, -0.1) is 0 Å². The largest absolute Gasteiger partial charge is 0.456 e. The van der Waals surface area contributed by atoms with E-state index < -0.39 is 29.4 Å². The first kappa shape index (κ1) is 20.1. The van der Waals surface area contributed by atoms with Gasteiger partial charge >= 0.3 is 5.97 Å². The van der Waals surface area contributed by atoms with Crippen LogP contribution in [0.1, 0.15) is 65.7 Å². The number of rotatable bonds is 0. The smallest absolute Gasteiger partial charge is 0.334 e. The molecule has 1 fully saturated rings. The van der Waals surface area contributed by atoms with E-state index in [2.05, 4.69) is 6.58 Å². The van der Waals surface area contributed by atoms with Crippen LogP contribution in [0.4, 0.5) is 0 Å². The highest BCUT2D eigenvalue weighted by Gasteiger charge is 2.42. The molecule has 25 heavy (non-hydrogen) atoms. The number of fused-ring (bicyclic) bond motifs is 2. The first-order chi connectivity index (χ1) is 11.5. The Labute approximate surface area is 150 Å². The van der Waals surface area contributed by atoms with Crippen molar-refractivity contribution < 1.29 is 24.9 Å². The Morgan fingerprint density at radius 3 is 2.56 bits per heavy atom. The number of hydrogen-bond acceptors (Lipinski definition) is 5. The number of ether oxygens (including phenoxy) is 1. The number of allylic oxidation sites excluding steroid dienone is 2. The lowest BCUT2D eigenvalue weighted by atomic mass is 9.77. The zero-order valence-corrected chi connectivity index (χ0v) is 15.6. The standard InChI is InChI=1S/C20H32O5/c1-13-6-5-10-20(4,24)17-12-15(14(2)18(22)25-17)9-11-19(3,23)16(21)8-7-13/h6,15-17,21,23-24H,2,5,7-12H2,1,3-4H3/t15-,16+,17+,19-,20+/m0/s1. The van der Waals surface area contributed by atoms with Crippen molar-refractivity contribution in [3.63, 3.8) is 0 Å². The molecule has 0 radical (unpaired) electrons. The second-order valence-electron chi connectivity index (χ2n) is 8.25. The maximum absolute atomic E-state index is 12.2. The van der Waals surface area contributed by atoms with Gasteiger partial charge in [-0.3, -0.25) is 0 Å². The van der Waals surface area contributed by atoms with Crippen LogP contribution in [0.3, 0.4) is 0 Å². The fourth-order valence-electron chi connectivity index (χ4n) is 3.68. The fourth-order valence-corrected chi connectivity index (χ4v) is 3.68. The van der Waals surface area contributed by atoms with Crippen LogP contribution in [-0.2, 0) is 9.53 Å². The summed E-state index contributed by atoms with van der Waals surface area (Å²) >= 11 is 0. The summed E-state index contributed by atoms with van der Waals surface area (Å²) in [6.45, 7) is 9.17. The summed E-state index contributed by atoms with van der Waals surface area (Å²) in [7, 11) is 0. The van der Waals surface area contributed by atoms with Gasteiger partial charge in [0.1, 0.15) is 6.10 Å². The van der Waals surface area contributed by atoms with Crippen LogP contribution < -0.4 is 0 Å². The van der Waals surface area contributed by atoms with Crippen molar-refractivity contribution in [1.29, 1.82) is 0 Å². The van der Waals surface area contributed by atoms with Crippen molar-refractivity contribution >= 4 is 5.97 Å². The molecular weight excluding hydrogens is 320 g/mol. The van der Waals surface area contributed by atoms with Gasteiger partial charge in [-0.05, 0) is 71.6 Å². The van der Waals surface area contributed by atoms with E-state index in [1.165, 1.54) is 0 Å². The number of hydrogen-bond donors (Lipinski definition) is 3. The van der Waals surface area contributed by atoms with Crippen molar-refractivity contribution in [3.05, 3.63) is 23.8 Å². The van der Waals surface area contributed by atoms with E-state index in [0.29, 0.717) is 50.5 Å². The molecule has 3 N–H and O–H groups in total. The van der Waals surface area contributed by atoms with Gasteiger partial charge in [0.2, 0.25) is 0 Å². The molecule has 5 heteroatoms. The Kier molecular flexibility index (Phi) is 6.13. The minimum atomic E-state index is -1.22. The van der Waals surface area contributed by atoms with Gasteiger partial charge in [0.25, 0.3) is 0 Å². The molecule has 1 heterocycles. The average Bonchev–Trinajstić information content (AvgIpc) is 2.52. The number of carbonyl (C=O) groups excluding carboxylic acids is 1. The van der Waals surface area contributed by atoms with Gasteiger partial charge in [-0.25, -0.2) is 4.79 Å². The van der Waals surface area contributed by atoms with Gasteiger partial charge in [0, 0.05) is 5.57 Å². The van der Waals surface area contributed by atoms with Crippen molar-refractivity contribution in [2.45, 2.75) is 89.1 Å². The summed E-state index contributed by atoms with van der Waals surface area (Å²) in [4.78, 5) is 12.2. The molecule has 2 rings (SSSR count). The molecule has 0 spiro atoms. The molecule has 0 aromatic carbocycles. The molecule has 5 nitrogen and oxygen atoms in total. The third kappa shape index (κ3) is 4.93. The predicted molar refractivity (Wildman–Crippen MR) is 95.8 cm³/mol. The second-order valence-corrected chi connectivity index (χ2v) is 8.25. The number of aliphatic hydroxyl groups excluding tert-OH is 1. The highest BCUT2D eigenvalue weighted by molar-refractivity contribution is 5.89. The summed E-state index contributed by atoms with van der Waals surface area (Å²) in [5.74, 6) is -0.628. The Morgan fingerprint density at radius 2 is 1.88 bits per heavy atom. The molecule has 2 aliphatic rings. The van der Waals surface area contributed by atoms with Gasteiger partial charge in [0.15, 0.2) is 0 Å². The minimum Gasteiger partial charge on any atom is -0.456 e. The molecule has 1 saturated heterocycles. The van der Waals surface area contributed by atoms with E-state index in [4.69, 9.17) is 4.74 Å². The summed E-state index contributed by atoms with van der Waals surface area (Å²) in [5, 5.41) is 31.8. The molecule has 5 atom stereocenters. The third-order valence-electron chi connectivity index (χ3n) is 5.87. The lowest BCUT2D eigenvalue weighted by Gasteiger charge is -2.40. The number of carbonyl (C=O) groups is 1. The van der Waals surface area contributed by atoms with E-state index >= 15 is 0 Å². The highest BCUT2D eigenvalue weighted by atomic mass is 16.6. The lowest BCUT2D eigenvalue weighted by Crippen LogP contribution is -2.47. The summed E-state index contributed by atoms with van der Waals surface area (Å²) < 4.78 is 5.42. The molecule has 142 valence electrons. The van der Waals surface area contributed by atoms with E-state index in [9.17, 15) is 20.1 Å². The van der Waals surface area contributed by atoms with E-state index in [1.807, 2.05) is 13.0 Å². The van der Waals surface area contributed by atoms with Crippen LogP contribution in [0.15, 0.2) is 23.8 Å². The molecule has 0 aromatic heterocycles. The van der Waals surface area contributed by atoms with Crippen molar-refractivity contribution in [2.75, 3.05) is 0 Å². The van der Waals surface area contributed by atoms with Crippen LogP contribution in [0, 0.1) is 5.92 Å². The molecule has 0 amide bonds. The molecule has 0 saturated carbocycles. The summed E-state index contributed by atoms with van der Waals surface area (Å²) in [6.07, 6.45) is 4.39. The Bertz CT molecular complexity index is 546. The predicted octanol–water partition coefficient (Wildman–Crippen LogP) is 2.64. The fraction of sp³-hybridized carbons (Fsp3) is 0.750. The summed E-state index contributed by atoms with van der Waals surface area (Å²) in [6, 6.07) is 0. The number of esters is 1. The highest BCUT2D eigenvalue weighted by Crippen LogP contribution is 2.37. The molecule has 0 unspecified atom stereocenters. The molecule has 1 aliphatic carbocycles. The van der Waals surface area contributed by atoms with E-state index in [0.717, 1.165) is 5.57 Å². The quantitative estimate of drug-likeness (QED) is 0.354. The maximum atomic E-state index is 12.2.